The zero-order chi connectivity index (χ0) is 19.7. The highest BCUT2D eigenvalue weighted by atomic mass is 32.1. The Balaban J connectivity index is 1.55. The van der Waals surface area contributed by atoms with E-state index in [1.165, 1.54) is 17.7 Å². The molecule has 1 amide bonds. The molecular weight excluding hydrogens is 376 g/mol. The normalized spacial score (nSPS) is 18.9. The summed E-state index contributed by atoms with van der Waals surface area (Å²) in [4.78, 5) is 23.2. The number of nitrogens with one attached hydrogen (secondary N) is 2. The van der Waals surface area contributed by atoms with E-state index < -0.39 is 0 Å². The highest BCUT2D eigenvalue weighted by Crippen LogP contribution is 2.34. The van der Waals surface area contributed by atoms with Crippen molar-refractivity contribution < 1.29 is 13.9 Å². The Bertz CT molecular complexity index is 981. The van der Waals surface area contributed by atoms with Gasteiger partial charge in [-0.3, -0.25) is 4.79 Å². The van der Waals surface area contributed by atoms with E-state index >= 15 is 0 Å². The fourth-order valence-corrected chi connectivity index (χ4v) is 4.66. The van der Waals surface area contributed by atoms with Crippen LogP contribution in [0.3, 0.4) is 0 Å². The van der Waals surface area contributed by atoms with Gasteiger partial charge in [-0.05, 0) is 51.3 Å². The van der Waals surface area contributed by atoms with E-state index in [-0.39, 0.29) is 17.6 Å². The predicted molar refractivity (Wildman–Crippen MR) is 109 cm³/mol. The lowest BCUT2D eigenvalue weighted by Gasteiger charge is -2.35. The quantitative estimate of drug-likeness (QED) is 0.675. The van der Waals surface area contributed by atoms with Crippen LogP contribution in [0.2, 0.25) is 0 Å². The van der Waals surface area contributed by atoms with Crippen LogP contribution in [-0.2, 0) is 11.3 Å². The number of fused-ring (bicyclic) bond motifs is 1. The number of furan rings is 1. The van der Waals surface area contributed by atoms with E-state index in [1.807, 2.05) is 19.1 Å². The monoisotopic (exact) mass is 400 g/mol. The Labute approximate surface area is 167 Å². The molecule has 1 aliphatic rings. The second-order valence-corrected chi connectivity index (χ2v) is 8.66. The summed E-state index contributed by atoms with van der Waals surface area (Å²) in [7, 11) is 0. The molecule has 0 bridgehead atoms. The van der Waals surface area contributed by atoms with Gasteiger partial charge in [0.25, 0.3) is 5.91 Å². The molecule has 0 aromatic carbocycles. The minimum Gasteiger partial charge on any atom is -0.467 e. The maximum absolute atomic E-state index is 12.9. The highest BCUT2D eigenvalue weighted by molar-refractivity contribution is 7.20. The number of carbonyl (C=O) groups is 1. The van der Waals surface area contributed by atoms with Gasteiger partial charge >= 0.3 is 0 Å². The van der Waals surface area contributed by atoms with Gasteiger partial charge in [-0.15, -0.1) is 11.3 Å². The maximum atomic E-state index is 12.9. The molecule has 0 aliphatic carbocycles. The molecule has 1 aliphatic heterocycles. The molecule has 1 unspecified atom stereocenters. The summed E-state index contributed by atoms with van der Waals surface area (Å²) in [6.45, 7) is 7.25. The van der Waals surface area contributed by atoms with Gasteiger partial charge in [0.2, 0.25) is 0 Å². The smallest absolute Gasteiger partial charge is 0.261 e. The molecule has 2 N–H and O–H groups in total. The summed E-state index contributed by atoms with van der Waals surface area (Å²) in [6.07, 6.45) is 4.79. The average molecular weight is 401 g/mol. The molecule has 3 aromatic rings. The average Bonchev–Trinajstić information content (AvgIpc) is 3.27. The number of amides is 1. The van der Waals surface area contributed by atoms with Crippen LogP contribution in [0.15, 0.2) is 29.1 Å². The van der Waals surface area contributed by atoms with E-state index in [0.717, 1.165) is 34.4 Å². The second-order valence-electron chi connectivity index (χ2n) is 7.66. The second kappa shape index (κ2) is 7.52. The first-order chi connectivity index (χ1) is 13.4. The van der Waals surface area contributed by atoms with Gasteiger partial charge in [-0.1, -0.05) is 0 Å². The predicted octanol–water partition coefficient (Wildman–Crippen LogP) is 3.89. The maximum Gasteiger partial charge on any atom is 0.261 e. The summed E-state index contributed by atoms with van der Waals surface area (Å²) in [5.41, 5.74) is 0.686. The summed E-state index contributed by atoms with van der Waals surface area (Å²) in [5, 5.41) is 7.35. The van der Waals surface area contributed by atoms with Crippen molar-refractivity contribution in [2.75, 3.05) is 11.9 Å². The Kier molecular flexibility index (Phi) is 5.07. The lowest BCUT2D eigenvalue weighted by molar-refractivity contribution is -0.0615. The zero-order valence-electron chi connectivity index (χ0n) is 16.2. The molecule has 0 saturated carbocycles. The Hall–Kier alpha value is -2.45. The number of hydrogen-bond acceptors (Lipinski definition) is 7. The number of hydrogen-bond donors (Lipinski definition) is 2. The van der Waals surface area contributed by atoms with Crippen molar-refractivity contribution in [1.29, 1.82) is 0 Å². The summed E-state index contributed by atoms with van der Waals surface area (Å²) in [6, 6.07) is 3.87. The highest BCUT2D eigenvalue weighted by Gasteiger charge is 2.30. The SMILES string of the molecule is Cc1c(C(=O)NC2CCOC(C)(C)C2)sc2ncnc(NCc3ccco3)c12. The van der Waals surface area contributed by atoms with Crippen LogP contribution in [0.25, 0.3) is 10.2 Å². The van der Waals surface area contributed by atoms with Crippen LogP contribution in [0.1, 0.15) is 47.7 Å². The van der Waals surface area contributed by atoms with E-state index in [1.54, 1.807) is 6.26 Å². The molecule has 3 aromatic heterocycles. The standard InChI is InChI=1S/C20H24N4O3S/c1-12-15-17(21-10-14-5-4-7-26-14)22-11-23-19(15)28-16(12)18(25)24-13-6-8-27-20(2,3)9-13/h4-5,7,11,13H,6,8-10H2,1-3H3,(H,24,25)(H,21,22,23). The molecule has 148 valence electrons. The van der Waals surface area contributed by atoms with Gasteiger partial charge < -0.3 is 19.8 Å². The van der Waals surface area contributed by atoms with Crippen molar-refractivity contribution in [2.45, 2.75) is 51.8 Å². The van der Waals surface area contributed by atoms with Crippen molar-refractivity contribution in [3.63, 3.8) is 0 Å². The Morgan fingerprint density at radius 1 is 1.39 bits per heavy atom. The topological polar surface area (TPSA) is 89.3 Å². The van der Waals surface area contributed by atoms with E-state index in [2.05, 4.69) is 34.4 Å². The number of nitrogens with zero attached hydrogens (tertiary/aromatic N) is 2. The molecule has 4 heterocycles. The third-order valence-electron chi connectivity index (χ3n) is 4.98. The summed E-state index contributed by atoms with van der Waals surface area (Å²) in [5.74, 6) is 1.47. The molecule has 7 nitrogen and oxygen atoms in total. The molecule has 8 heteroatoms. The van der Waals surface area contributed by atoms with Crippen LogP contribution >= 0.6 is 11.3 Å². The Morgan fingerprint density at radius 3 is 3.00 bits per heavy atom. The molecule has 28 heavy (non-hydrogen) atoms. The van der Waals surface area contributed by atoms with Crippen LogP contribution in [0.5, 0.6) is 0 Å². The molecule has 1 saturated heterocycles. The van der Waals surface area contributed by atoms with Crippen LogP contribution < -0.4 is 10.6 Å². The first kappa shape index (κ1) is 18.9. The summed E-state index contributed by atoms with van der Waals surface area (Å²) < 4.78 is 11.1. The number of rotatable bonds is 5. The first-order valence-corrected chi connectivity index (χ1v) is 10.2. The number of carbonyl (C=O) groups excluding carboxylic acids is 1. The summed E-state index contributed by atoms with van der Waals surface area (Å²) >= 11 is 1.40. The van der Waals surface area contributed by atoms with Gasteiger partial charge in [0.15, 0.2) is 0 Å². The van der Waals surface area contributed by atoms with E-state index in [4.69, 9.17) is 9.15 Å². The van der Waals surface area contributed by atoms with Crippen LogP contribution in [0.4, 0.5) is 5.82 Å². The molecule has 1 atom stereocenters. The van der Waals surface area contributed by atoms with Crippen LogP contribution in [-0.4, -0.2) is 34.1 Å². The molecule has 1 fully saturated rings. The van der Waals surface area contributed by atoms with Crippen LogP contribution in [0, 0.1) is 6.92 Å². The van der Waals surface area contributed by atoms with Gasteiger partial charge in [0, 0.05) is 12.6 Å². The minimum atomic E-state index is -0.209. The van der Waals surface area contributed by atoms with Crippen molar-refractivity contribution in [3.05, 3.63) is 40.9 Å². The molecule has 0 spiro atoms. The van der Waals surface area contributed by atoms with Crippen molar-refractivity contribution in [3.8, 4) is 0 Å². The molecular formula is C20H24N4O3S. The molecule has 0 radical (unpaired) electrons. The number of thiophene rings is 1. The Morgan fingerprint density at radius 2 is 2.25 bits per heavy atom. The van der Waals surface area contributed by atoms with Gasteiger partial charge in [-0.25, -0.2) is 9.97 Å². The lowest BCUT2D eigenvalue weighted by atomic mass is 9.94. The fourth-order valence-electron chi connectivity index (χ4n) is 3.61. The van der Waals surface area contributed by atoms with E-state index in [0.29, 0.717) is 23.8 Å². The number of anilines is 1. The minimum absolute atomic E-state index is 0.0554. The van der Waals surface area contributed by atoms with Gasteiger partial charge in [0.1, 0.15) is 22.7 Å². The molecule has 4 rings (SSSR count). The lowest BCUT2D eigenvalue weighted by Crippen LogP contribution is -2.45. The first-order valence-electron chi connectivity index (χ1n) is 9.38. The van der Waals surface area contributed by atoms with E-state index in [9.17, 15) is 4.79 Å². The number of aryl methyl sites for hydroxylation is 1. The number of ether oxygens (including phenoxy) is 1. The van der Waals surface area contributed by atoms with Crippen molar-refractivity contribution in [1.82, 2.24) is 15.3 Å². The third-order valence-corrected chi connectivity index (χ3v) is 6.17. The fraction of sp³-hybridized carbons (Fsp3) is 0.450. The van der Waals surface area contributed by atoms with Gasteiger partial charge in [-0.2, -0.15) is 0 Å². The third kappa shape index (κ3) is 3.88. The largest absolute Gasteiger partial charge is 0.467 e. The number of aromatic nitrogens is 2. The zero-order valence-corrected chi connectivity index (χ0v) is 17.1. The van der Waals surface area contributed by atoms with Gasteiger partial charge in [0.05, 0.1) is 28.7 Å². The van der Waals surface area contributed by atoms with Crippen molar-refractivity contribution >= 4 is 33.3 Å². The van der Waals surface area contributed by atoms with Crippen molar-refractivity contribution in [2.24, 2.45) is 0 Å².